The van der Waals surface area contributed by atoms with Crippen LogP contribution in [0.3, 0.4) is 0 Å². The standard InChI is InChI=1S/C15H24N2O/c1-10-5-6-11(7-12(10)16)9-17-13-8-14(18-4)15(13,2)3/h5-7,13-14,17H,8-9,16H2,1-4H3. The maximum atomic E-state index is 5.92. The first kappa shape index (κ1) is 13.4. The predicted molar refractivity (Wildman–Crippen MR) is 75.4 cm³/mol. The van der Waals surface area contributed by atoms with Crippen molar-refractivity contribution in [3.05, 3.63) is 29.3 Å². The van der Waals surface area contributed by atoms with Crippen molar-refractivity contribution < 1.29 is 4.74 Å². The van der Waals surface area contributed by atoms with Crippen molar-refractivity contribution in [3.63, 3.8) is 0 Å². The smallest absolute Gasteiger partial charge is 0.0652 e. The molecule has 1 aromatic rings. The zero-order valence-electron chi connectivity index (χ0n) is 11.8. The monoisotopic (exact) mass is 248 g/mol. The van der Waals surface area contributed by atoms with E-state index in [9.17, 15) is 0 Å². The van der Waals surface area contributed by atoms with Gasteiger partial charge in [0.1, 0.15) is 0 Å². The van der Waals surface area contributed by atoms with Crippen molar-refractivity contribution in [1.29, 1.82) is 0 Å². The van der Waals surface area contributed by atoms with Gasteiger partial charge in [0.25, 0.3) is 0 Å². The lowest BCUT2D eigenvalue weighted by molar-refractivity contribution is -0.0979. The molecule has 0 saturated heterocycles. The average Bonchev–Trinajstić information content (AvgIpc) is 2.32. The molecule has 100 valence electrons. The summed E-state index contributed by atoms with van der Waals surface area (Å²) in [5.41, 5.74) is 9.39. The van der Waals surface area contributed by atoms with E-state index in [1.807, 2.05) is 6.92 Å². The Morgan fingerprint density at radius 3 is 2.72 bits per heavy atom. The molecule has 1 aliphatic carbocycles. The van der Waals surface area contributed by atoms with Gasteiger partial charge >= 0.3 is 0 Å². The van der Waals surface area contributed by atoms with E-state index in [4.69, 9.17) is 10.5 Å². The number of aryl methyl sites for hydroxylation is 1. The fourth-order valence-electron chi connectivity index (χ4n) is 2.67. The Hall–Kier alpha value is -1.06. The van der Waals surface area contributed by atoms with E-state index < -0.39 is 0 Å². The Kier molecular flexibility index (Phi) is 3.64. The van der Waals surface area contributed by atoms with Crippen LogP contribution < -0.4 is 11.1 Å². The van der Waals surface area contributed by atoms with E-state index in [1.54, 1.807) is 7.11 Å². The summed E-state index contributed by atoms with van der Waals surface area (Å²) in [6, 6.07) is 6.79. The van der Waals surface area contributed by atoms with Crippen molar-refractivity contribution in [3.8, 4) is 0 Å². The van der Waals surface area contributed by atoms with Gasteiger partial charge < -0.3 is 15.8 Å². The van der Waals surface area contributed by atoms with E-state index in [2.05, 4.69) is 37.4 Å². The van der Waals surface area contributed by atoms with Crippen LogP contribution in [-0.4, -0.2) is 19.3 Å². The Morgan fingerprint density at radius 1 is 1.44 bits per heavy atom. The van der Waals surface area contributed by atoms with Crippen LogP contribution in [-0.2, 0) is 11.3 Å². The van der Waals surface area contributed by atoms with E-state index in [0.29, 0.717) is 12.1 Å². The molecule has 2 atom stereocenters. The van der Waals surface area contributed by atoms with Crippen LogP contribution >= 0.6 is 0 Å². The van der Waals surface area contributed by atoms with Crippen LogP contribution in [0, 0.1) is 12.3 Å². The third kappa shape index (κ3) is 2.38. The fourth-order valence-corrected chi connectivity index (χ4v) is 2.67. The molecule has 0 spiro atoms. The van der Waals surface area contributed by atoms with Gasteiger partial charge in [-0.3, -0.25) is 0 Å². The van der Waals surface area contributed by atoms with E-state index in [0.717, 1.165) is 24.2 Å². The van der Waals surface area contributed by atoms with Crippen molar-refractivity contribution in [2.45, 2.75) is 45.9 Å². The van der Waals surface area contributed by atoms with Gasteiger partial charge in [-0.15, -0.1) is 0 Å². The summed E-state index contributed by atoms with van der Waals surface area (Å²) in [7, 11) is 1.79. The second kappa shape index (κ2) is 4.90. The summed E-state index contributed by atoms with van der Waals surface area (Å²) in [6.45, 7) is 7.41. The van der Waals surface area contributed by atoms with Gasteiger partial charge in [0, 0.05) is 30.8 Å². The maximum absolute atomic E-state index is 5.92. The lowest BCUT2D eigenvalue weighted by Gasteiger charge is -2.51. The summed E-state index contributed by atoms with van der Waals surface area (Å²) in [5.74, 6) is 0. The van der Waals surface area contributed by atoms with Crippen LogP contribution in [0.1, 0.15) is 31.4 Å². The van der Waals surface area contributed by atoms with Crippen LogP contribution in [0.15, 0.2) is 18.2 Å². The number of benzene rings is 1. The number of ether oxygens (including phenoxy) is 1. The zero-order chi connectivity index (χ0) is 13.3. The molecule has 0 bridgehead atoms. The molecule has 0 aromatic heterocycles. The first-order valence-electron chi connectivity index (χ1n) is 6.56. The van der Waals surface area contributed by atoms with Crippen molar-refractivity contribution in [1.82, 2.24) is 5.32 Å². The van der Waals surface area contributed by atoms with Gasteiger partial charge in [-0.2, -0.15) is 0 Å². The highest BCUT2D eigenvalue weighted by atomic mass is 16.5. The molecular weight excluding hydrogens is 224 g/mol. The van der Waals surface area contributed by atoms with E-state index >= 15 is 0 Å². The SMILES string of the molecule is COC1CC(NCc2ccc(C)c(N)c2)C1(C)C. The molecule has 1 saturated carbocycles. The first-order chi connectivity index (χ1) is 8.45. The summed E-state index contributed by atoms with van der Waals surface area (Å²) < 4.78 is 5.46. The molecule has 0 heterocycles. The minimum atomic E-state index is 0.213. The molecule has 1 aromatic carbocycles. The topological polar surface area (TPSA) is 47.3 Å². The average molecular weight is 248 g/mol. The lowest BCUT2D eigenvalue weighted by Crippen LogP contribution is -2.60. The number of nitrogens with two attached hydrogens (primary N) is 1. The molecule has 2 rings (SSSR count). The predicted octanol–water partition coefficient (Wildman–Crippen LogP) is 2.48. The van der Waals surface area contributed by atoms with Gasteiger partial charge in [0.05, 0.1) is 6.10 Å². The third-order valence-electron chi connectivity index (χ3n) is 4.36. The van der Waals surface area contributed by atoms with Crippen LogP contribution in [0.25, 0.3) is 0 Å². The van der Waals surface area contributed by atoms with Crippen LogP contribution in [0.2, 0.25) is 0 Å². The van der Waals surface area contributed by atoms with Gasteiger partial charge in [0.2, 0.25) is 0 Å². The molecule has 18 heavy (non-hydrogen) atoms. The van der Waals surface area contributed by atoms with Crippen LogP contribution in [0.5, 0.6) is 0 Å². The number of rotatable bonds is 4. The largest absolute Gasteiger partial charge is 0.399 e. The van der Waals surface area contributed by atoms with Crippen LogP contribution in [0.4, 0.5) is 5.69 Å². The lowest BCUT2D eigenvalue weighted by atomic mass is 9.64. The van der Waals surface area contributed by atoms with Gasteiger partial charge in [-0.05, 0) is 30.5 Å². The summed E-state index contributed by atoms with van der Waals surface area (Å²) in [4.78, 5) is 0. The van der Waals surface area contributed by atoms with Crippen molar-refractivity contribution in [2.75, 3.05) is 12.8 Å². The van der Waals surface area contributed by atoms with Crippen molar-refractivity contribution >= 4 is 5.69 Å². The number of methoxy groups -OCH3 is 1. The number of anilines is 1. The molecule has 0 radical (unpaired) electrons. The minimum absolute atomic E-state index is 0.213. The highest BCUT2D eigenvalue weighted by molar-refractivity contribution is 5.48. The normalized spacial score (nSPS) is 25.8. The third-order valence-corrected chi connectivity index (χ3v) is 4.36. The van der Waals surface area contributed by atoms with Gasteiger partial charge in [0.15, 0.2) is 0 Å². The molecule has 3 N–H and O–H groups in total. The second-order valence-corrected chi connectivity index (χ2v) is 5.91. The Balaban J connectivity index is 1.91. The molecule has 0 amide bonds. The Labute approximate surface area is 110 Å². The highest BCUT2D eigenvalue weighted by Crippen LogP contribution is 2.42. The van der Waals surface area contributed by atoms with Gasteiger partial charge in [-0.25, -0.2) is 0 Å². The Morgan fingerprint density at radius 2 is 2.17 bits per heavy atom. The first-order valence-corrected chi connectivity index (χ1v) is 6.56. The second-order valence-electron chi connectivity index (χ2n) is 5.91. The molecule has 2 unspecified atom stereocenters. The van der Waals surface area contributed by atoms with E-state index in [1.165, 1.54) is 5.56 Å². The minimum Gasteiger partial charge on any atom is -0.399 e. The highest BCUT2D eigenvalue weighted by Gasteiger charge is 2.48. The molecule has 3 nitrogen and oxygen atoms in total. The quantitative estimate of drug-likeness (QED) is 0.805. The van der Waals surface area contributed by atoms with Crippen molar-refractivity contribution in [2.24, 2.45) is 5.41 Å². The number of hydrogen-bond acceptors (Lipinski definition) is 3. The van der Waals surface area contributed by atoms with Gasteiger partial charge in [-0.1, -0.05) is 26.0 Å². The maximum Gasteiger partial charge on any atom is 0.0652 e. The number of hydrogen-bond donors (Lipinski definition) is 2. The number of nitrogen functional groups attached to an aromatic ring is 1. The zero-order valence-corrected chi connectivity index (χ0v) is 11.8. The molecule has 1 fully saturated rings. The molecule has 3 heteroatoms. The fraction of sp³-hybridized carbons (Fsp3) is 0.600. The summed E-state index contributed by atoms with van der Waals surface area (Å²) in [6.07, 6.45) is 1.46. The Bertz CT molecular complexity index is 429. The molecule has 0 aliphatic heterocycles. The molecular formula is C15H24N2O. The summed E-state index contributed by atoms with van der Waals surface area (Å²) >= 11 is 0. The number of nitrogens with one attached hydrogen (secondary N) is 1. The molecule has 1 aliphatic rings. The summed E-state index contributed by atoms with van der Waals surface area (Å²) in [5, 5.41) is 3.60. The van der Waals surface area contributed by atoms with E-state index in [-0.39, 0.29) is 5.41 Å².